The van der Waals surface area contributed by atoms with E-state index in [1.807, 2.05) is 33.9 Å². The summed E-state index contributed by atoms with van der Waals surface area (Å²) in [7, 11) is 0. The van der Waals surface area contributed by atoms with E-state index in [1.165, 1.54) is 12.1 Å². The lowest BCUT2D eigenvalue weighted by atomic mass is 10.0. The van der Waals surface area contributed by atoms with E-state index in [-0.39, 0.29) is 5.69 Å². The molecule has 0 atom stereocenters. The third kappa shape index (κ3) is 4.15. The number of carbonyl (C=O) groups excluding carboxylic acids is 1. The van der Waals surface area contributed by atoms with Crippen molar-refractivity contribution >= 4 is 11.7 Å². The third-order valence-electron chi connectivity index (χ3n) is 3.55. The Labute approximate surface area is 146 Å². The van der Waals surface area contributed by atoms with E-state index in [9.17, 15) is 14.9 Å². The molecule has 2 aromatic rings. The quantitative estimate of drug-likeness (QED) is 0.347. The molecule has 1 heterocycles. The minimum Gasteiger partial charge on any atom is -0.455 e. The molecule has 0 aliphatic heterocycles. The zero-order chi connectivity index (χ0) is 18.8. The summed E-state index contributed by atoms with van der Waals surface area (Å²) >= 11 is 0. The van der Waals surface area contributed by atoms with E-state index in [0.717, 1.165) is 11.1 Å². The van der Waals surface area contributed by atoms with Crippen LogP contribution >= 0.6 is 0 Å². The Kier molecular flexibility index (Phi) is 5.11. The van der Waals surface area contributed by atoms with Gasteiger partial charge in [0.15, 0.2) is 0 Å². The lowest BCUT2D eigenvalue weighted by Crippen LogP contribution is -2.25. The first-order chi connectivity index (χ1) is 11.6. The maximum absolute atomic E-state index is 12.8. The van der Waals surface area contributed by atoms with Gasteiger partial charge < -0.3 is 9.30 Å². The van der Waals surface area contributed by atoms with E-state index in [1.54, 1.807) is 22.8 Å². The Morgan fingerprint density at radius 1 is 1.32 bits per heavy atom. The van der Waals surface area contributed by atoms with Crippen molar-refractivity contribution in [1.82, 2.24) is 4.57 Å². The Bertz CT molecular complexity index is 811. The largest absolute Gasteiger partial charge is 0.455 e. The van der Waals surface area contributed by atoms with Crippen molar-refractivity contribution in [2.75, 3.05) is 0 Å². The molecule has 0 aliphatic carbocycles. The maximum Gasteiger partial charge on any atom is 0.356 e. The van der Waals surface area contributed by atoms with Gasteiger partial charge in [-0.1, -0.05) is 6.08 Å². The summed E-state index contributed by atoms with van der Waals surface area (Å²) in [5.74, 6) is -0.434. The van der Waals surface area contributed by atoms with Gasteiger partial charge in [-0.05, 0) is 51.0 Å². The first kappa shape index (κ1) is 18.4. The number of aromatic nitrogens is 1. The number of rotatable bonds is 5. The molecule has 25 heavy (non-hydrogen) atoms. The lowest BCUT2D eigenvalue weighted by Gasteiger charge is -2.21. The van der Waals surface area contributed by atoms with Gasteiger partial charge in [-0.3, -0.25) is 10.1 Å². The highest BCUT2D eigenvalue weighted by Crippen LogP contribution is 2.32. The number of nitro groups is 1. The zero-order valence-electron chi connectivity index (χ0n) is 14.9. The average Bonchev–Trinajstić information content (AvgIpc) is 2.82. The van der Waals surface area contributed by atoms with E-state index in [4.69, 9.17) is 4.74 Å². The normalized spacial score (nSPS) is 11.2. The number of nitro benzene ring substituents is 1. The molecule has 0 fully saturated rings. The van der Waals surface area contributed by atoms with Crippen LogP contribution in [0.3, 0.4) is 0 Å². The van der Waals surface area contributed by atoms with Crippen LogP contribution in [0.4, 0.5) is 5.69 Å². The molecule has 1 aromatic carbocycles. The molecule has 0 radical (unpaired) electrons. The van der Waals surface area contributed by atoms with Gasteiger partial charge in [-0.15, -0.1) is 6.58 Å². The fourth-order valence-corrected chi connectivity index (χ4v) is 2.64. The summed E-state index contributed by atoms with van der Waals surface area (Å²) in [6.45, 7) is 11.5. The molecule has 0 spiro atoms. The standard InChI is InChI=1S/C19H22N2O4/c1-6-11-20-12-13(2)16(17(20)18(22)25-19(3,4)5)14-7-9-15(10-8-14)21(23)24/h6-10,12H,1,11H2,2-5H3. The summed E-state index contributed by atoms with van der Waals surface area (Å²) in [6.07, 6.45) is 3.56. The van der Waals surface area contributed by atoms with Crippen LogP contribution in [0.5, 0.6) is 0 Å². The van der Waals surface area contributed by atoms with Crippen molar-refractivity contribution in [3.63, 3.8) is 0 Å². The van der Waals surface area contributed by atoms with Crippen molar-refractivity contribution in [1.29, 1.82) is 0 Å². The fraction of sp³-hybridized carbons (Fsp3) is 0.316. The highest BCUT2D eigenvalue weighted by atomic mass is 16.6. The number of hydrogen-bond donors (Lipinski definition) is 0. The van der Waals surface area contributed by atoms with Crippen molar-refractivity contribution in [3.05, 3.63) is 64.5 Å². The van der Waals surface area contributed by atoms with Crippen LogP contribution in [-0.4, -0.2) is 21.1 Å². The Balaban J connectivity index is 2.58. The Hall–Kier alpha value is -2.89. The Morgan fingerprint density at radius 3 is 2.40 bits per heavy atom. The number of hydrogen-bond acceptors (Lipinski definition) is 4. The van der Waals surface area contributed by atoms with E-state index in [2.05, 4.69) is 6.58 Å². The molecule has 0 aliphatic rings. The molecular weight excluding hydrogens is 320 g/mol. The van der Waals surface area contributed by atoms with Crippen LogP contribution in [0.15, 0.2) is 43.1 Å². The summed E-state index contributed by atoms with van der Waals surface area (Å²) in [6, 6.07) is 6.15. The maximum atomic E-state index is 12.8. The van der Waals surface area contributed by atoms with Crippen molar-refractivity contribution in [2.24, 2.45) is 0 Å². The predicted octanol–water partition coefficient (Wildman–Crippen LogP) is 4.51. The van der Waals surface area contributed by atoms with Gasteiger partial charge in [-0.25, -0.2) is 4.79 Å². The summed E-state index contributed by atoms with van der Waals surface area (Å²) < 4.78 is 7.33. The second kappa shape index (κ2) is 6.93. The van der Waals surface area contributed by atoms with Crippen molar-refractivity contribution in [3.8, 4) is 11.1 Å². The highest BCUT2D eigenvalue weighted by molar-refractivity contribution is 5.97. The van der Waals surface area contributed by atoms with E-state index < -0.39 is 16.5 Å². The number of aryl methyl sites for hydroxylation is 1. The van der Waals surface area contributed by atoms with Gasteiger partial charge >= 0.3 is 5.97 Å². The van der Waals surface area contributed by atoms with Gasteiger partial charge in [0.05, 0.1) is 4.92 Å². The number of benzene rings is 1. The third-order valence-corrected chi connectivity index (χ3v) is 3.55. The second-order valence-electron chi connectivity index (χ2n) is 6.78. The number of allylic oxidation sites excluding steroid dienone is 1. The average molecular weight is 342 g/mol. The monoisotopic (exact) mass is 342 g/mol. The number of ether oxygens (including phenoxy) is 1. The van der Waals surface area contributed by atoms with E-state index >= 15 is 0 Å². The molecular formula is C19H22N2O4. The first-order valence-corrected chi connectivity index (χ1v) is 7.93. The highest BCUT2D eigenvalue weighted by Gasteiger charge is 2.26. The fourth-order valence-electron chi connectivity index (χ4n) is 2.64. The van der Waals surface area contributed by atoms with E-state index in [0.29, 0.717) is 17.8 Å². The molecule has 0 amide bonds. The Morgan fingerprint density at radius 2 is 1.92 bits per heavy atom. The number of nitrogens with zero attached hydrogens (tertiary/aromatic N) is 2. The van der Waals surface area contributed by atoms with Crippen LogP contribution in [-0.2, 0) is 11.3 Å². The number of esters is 1. The first-order valence-electron chi connectivity index (χ1n) is 7.93. The van der Waals surface area contributed by atoms with Crippen LogP contribution in [0.25, 0.3) is 11.1 Å². The molecule has 0 N–H and O–H groups in total. The van der Waals surface area contributed by atoms with Gasteiger partial charge in [0.1, 0.15) is 11.3 Å². The van der Waals surface area contributed by atoms with Crippen molar-refractivity contribution in [2.45, 2.75) is 39.8 Å². The smallest absolute Gasteiger partial charge is 0.356 e. The molecule has 0 saturated heterocycles. The predicted molar refractivity (Wildman–Crippen MR) is 96.6 cm³/mol. The molecule has 0 unspecified atom stereocenters. The summed E-state index contributed by atoms with van der Waals surface area (Å²) in [5, 5.41) is 10.9. The van der Waals surface area contributed by atoms with Gasteiger partial charge in [-0.2, -0.15) is 0 Å². The SMILES string of the molecule is C=CCn1cc(C)c(-c2ccc([N+](=O)[O-])cc2)c1C(=O)OC(C)(C)C. The summed E-state index contributed by atoms with van der Waals surface area (Å²) in [5.41, 5.74) is 2.13. The van der Waals surface area contributed by atoms with Crippen LogP contribution in [0, 0.1) is 17.0 Å². The number of carbonyl (C=O) groups is 1. The molecule has 6 nitrogen and oxygen atoms in total. The van der Waals surface area contributed by atoms with Crippen LogP contribution in [0.2, 0.25) is 0 Å². The van der Waals surface area contributed by atoms with Gasteiger partial charge in [0.2, 0.25) is 0 Å². The molecule has 2 rings (SSSR count). The lowest BCUT2D eigenvalue weighted by molar-refractivity contribution is -0.384. The molecule has 6 heteroatoms. The number of non-ortho nitro benzene ring substituents is 1. The van der Waals surface area contributed by atoms with Crippen LogP contribution in [0.1, 0.15) is 36.8 Å². The minimum absolute atomic E-state index is 0.00532. The van der Waals surface area contributed by atoms with Crippen molar-refractivity contribution < 1.29 is 14.5 Å². The van der Waals surface area contributed by atoms with Gasteiger partial charge in [0, 0.05) is 30.4 Å². The molecule has 0 bridgehead atoms. The zero-order valence-corrected chi connectivity index (χ0v) is 14.9. The minimum atomic E-state index is -0.624. The molecule has 0 saturated carbocycles. The summed E-state index contributed by atoms with van der Waals surface area (Å²) in [4.78, 5) is 23.2. The van der Waals surface area contributed by atoms with Crippen LogP contribution < -0.4 is 0 Å². The molecule has 132 valence electrons. The molecule has 1 aromatic heterocycles. The second-order valence-corrected chi connectivity index (χ2v) is 6.78. The topological polar surface area (TPSA) is 74.4 Å². The van der Waals surface area contributed by atoms with Gasteiger partial charge in [0.25, 0.3) is 5.69 Å².